The van der Waals surface area contributed by atoms with Crippen LogP contribution in [0.2, 0.25) is 0 Å². The van der Waals surface area contributed by atoms with Crippen molar-refractivity contribution >= 4 is 10.9 Å². The molecule has 138 valence electrons. The number of nitrogens with zero attached hydrogens (tertiary/aromatic N) is 3. The molecular formula is C24H20FN3. The van der Waals surface area contributed by atoms with Crippen LogP contribution in [-0.4, -0.2) is 14.9 Å². The molecule has 0 radical (unpaired) electrons. The van der Waals surface area contributed by atoms with E-state index in [0.717, 1.165) is 35.4 Å². The minimum atomic E-state index is -0.275. The lowest BCUT2D eigenvalue weighted by Crippen LogP contribution is -2.21. The molecule has 0 saturated heterocycles. The molecule has 28 heavy (non-hydrogen) atoms. The normalized spacial score (nSPS) is 14.9. The summed E-state index contributed by atoms with van der Waals surface area (Å²) >= 11 is 0. The van der Waals surface area contributed by atoms with Crippen molar-refractivity contribution in [1.82, 2.24) is 14.9 Å². The third-order valence-electron chi connectivity index (χ3n) is 5.58. The van der Waals surface area contributed by atoms with Crippen LogP contribution in [0.3, 0.4) is 0 Å². The van der Waals surface area contributed by atoms with Crippen LogP contribution < -0.4 is 0 Å². The zero-order chi connectivity index (χ0) is 19.1. The molecule has 0 saturated carbocycles. The Morgan fingerprint density at radius 1 is 0.929 bits per heavy atom. The van der Waals surface area contributed by atoms with Crippen molar-refractivity contribution in [3.63, 3.8) is 0 Å². The second-order valence-corrected chi connectivity index (χ2v) is 7.33. The van der Waals surface area contributed by atoms with Crippen LogP contribution in [0.25, 0.3) is 22.3 Å². The molecule has 2 aromatic heterocycles. The van der Waals surface area contributed by atoms with E-state index in [-0.39, 0.29) is 11.9 Å². The molecule has 0 amide bonds. The van der Waals surface area contributed by atoms with Gasteiger partial charge >= 0.3 is 0 Å². The molecule has 0 unspecified atom stereocenters. The predicted octanol–water partition coefficient (Wildman–Crippen LogP) is 5.51. The number of pyridine rings is 2. The summed E-state index contributed by atoms with van der Waals surface area (Å²) in [4.78, 5) is 11.8. The van der Waals surface area contributed by atoms with E-state index in [1.165, 1.54) is 23.3 Å². The number of hydrogen-bond donors (Lipinski definition) is 0. The van der Waals surface area contributed by atoms with Crippen molar-refractivity contribution in [2.24, 2.45) is 0 Å². The summed E-state index contributed by atoms with van der Waals surface area (Å²) in [7, 11) is 0. The minimum absolute atomic E-state index is 0.159. The van der Waals surface area contributed by atoms with Crippen molar-refractivity contribution < 1.29 is 4.39 Å². The van der Waals surface area contributed by atoms with Crippen LogP contribution in [0.1, 0.15) is 29.7 Å². The first-order chi connectivity index (χ1) is 13.7. The Kier molecular flexibility index (Phi) is 4.14. The van der Waals surface area contributed by atoms with Gasteiger partial charge in [0, 0.05) is 36.8 Å². The summed E-state index contributed by atoms with van der Waals surface area (Å²) < 4.78 is 13.8. The van der Waals surface area contributed by atoms with Gasteiger partial charge in [-0.2, -0.15) is 0 Å². The zero-order valence-electron chi connectivity index (χ0n) is 15.6. The maximum absolute atomic E-state index is 13.8. The summed E-state index contributed by atoms with van der Waals surface area (Å²) in [5.74, 6) is -0.275. The summed E-state index contributed by atoms with van der Waals surface area (Å²) in [6, 6.07) is 21.5. The first-order valence-electron chi connectivity index (χ1n) is 9.51. The van der Waals surface area contributed by atoms with Crippen molar-refractivity contribution in [1.29, 1.82) is 0 Å². The Balaban J connectivity index is 1.62. The average molecular weight is 369 g/mol. The van der Waals surface area contributed by atoms with Gasteiger partial charge in [-0.3, -0.25) is 9.88 Å². The topological polar surface area (TPSA) is 29.0 Å². The maximum Gasteiger partial charge on any atom is 0.125 e. The van der Waals surface area contributed by atoms with Crippen LogP contribution in [0.5, 0.6) is 0 Å². The third-order valence-corrected chi connectivity index (χ3v) is 5.58. The second kappa shape index (κ2) is 6.80. The van der Waals surface area contributed by atoms with E-state index in [1.807, 2.05) is 18.2 Å². The first kappa shape index (κ1) is 17.0. The van der Waals surface area contributed by atoms with Gasteiger partial charge in [-0.1, -0.05) is 30.3 Å². The lowest BCUT2D eigenvalue weighted by molar-refractivity contribution is 0.215. The van der Waals surface area contributed by atoms with Crippen LogP contribution in [-0.2, 0) is 13.1 Å². The van der Waals surface area contributed by atoms with Gasteiger partial charge in [-0.25, -0.2) is 9.37 Å². The Morgan fingerprint density at radius 3 is 2.39 bits per heavy atom. The molecule has 0 spiro atoms. The number of halogens is 1. The van der Waals surface area contributed by atoms with Crippen molar-refractivity contribution in [2.45, 2.75) is 26.1 Å². The van der Waals surface area contributed by atoms with Crippen molar-refractivity contribution in [3.8, 4) is 11.4 Å². The van der Waals surface area contributed by atoms with Gasteiger partial charge in [-0.05, 0) is 53.9 Å². The first-order valence-corrected chi connectivity index (χ1v) is 9.51. The Morgan fingerprint density at radius 2 is 1.68 bits per heavy atom. The lowest BCUT2D eigenvalue weighted by Gasteiger charge is -2.26. The molecular weight excluding hydrogens is 349 g/mol. The molecule has 1 aliphatic heterocycles. The highest BCUT2D eigenvalue weighted by molar-refractivity contribution is 5.83. The maximum atomic E-state index is 13.8. The van der Waals surface area contributed by atoms with Gasteiger partial charge in [-0.15, -0.1) is 0 Å². The lowest BCUT2D eigenvalue weighted by atomic mass is 10.00. The largest absolute Gasteiger partial charge is 0.288 e. The molecule has 0 aliphatic carbocycles. The highest BCUT2D eigenvalue weighted by atomic mass is 19.1. The van der Waals surface area contributed by atoms with Crippen LogP contribution in [0.15, 0.2) is 72.9 Å². The van der Waals surface area contributed by atoms with E-state index in [1.54, 1.807) is 12.3 Å². The number of fused-ring (bicyclic) bond motifs is 2. The Labute approximate surface area is 163 Å². The summed E-state index contributed by atoms with van der Waals surface area (Å²) in [5, 5.41) is 0.944. The van der Waals surface area contributed by atoms with Gasteiger partial charge < -0.3 is 0 Å². The molecule has 0 N–H and O–H groups in total. The van der Waals surface area contributed by atoms with Crippen LogP contribution in [0, 0.1) is 5.82 Å². The van der Waals surface area contributed by atoms with E-state index in [9.17, 15) is 4.39 Å². The molecule has 3 heterocycles. The SMILES string of the molecule is C[C@@H](c1cc2ccc(F)cc2nc1-c1ccccn1)N1Cc2ccccc2C1. The Hall–Kier alpha value is -3.11. The predicted molar refractivity (Wildman–Crippen MR) is 109 cm³/mol. The van der Waals surface area contributed by atoms with Gasteiger partial charge in [0.25, 0.3) is 0 Å². The highest BCUT2D eigenvalue weighted by Crippen LogP contribution is 2.36. The summed E-state index contributed by atoms with van der Waals surface area (Å²) in [5.41, 5.74) is 6.16. The van der Waals surface area contributed by atoms with E-state index in [0.29, 0.717) is 5.52 Å². The van der Waals surface area contributed by atoms with Crippen LogP contribution in [0.4, 0.5) is 4.39 Å². The van der Waals surface area contributed by atoms with Gasteiger partial charge in [0.2, 0.25) is 0 Å². The molecule has 1 aliphatic rings. The Bertz CT molecular complexity index is 1130. The molecule has 4 heteroatoms. The molecule has 2 aromatic carbocycles. The van der Waals surface area contributed by atoms with Crippen molar-refractivity contribution in [2.75, 3.05) is 0 Å². The fraction of sp³-hybridized carbons (Fsp3) is 0.167. The highest BCUT2D eigenvalue weighted by Gasteiger charge is 2.26. The van der Waals surface area contributed by atoms with E-state index in [2.05, 4.69) is 47.1 Å². The fourth-order valence-corrected chi connectivity index (χ4v) is 4.01. The third kappa shape index (κ3) is 2.96. The number of benzene rings is 2. The minimum Gasteiger partial charge on any atom is -0.288 e. The quantitative estimate of drug-likeness (QED) is 0.477. The molecule has 5 rings (SSSR count). The molecule has 3 nitrogen and oxygen atoms in total. The summed E-state index contributed by atoms with van der Waals surface area (Å²) in [6.45, 7) is 4.05. The fourth-order valence-electron chi connectivity index (χ4n) is 4.01. The standard InChI is InChI=1S/C24H20FN3/c1-16(28-14-18-6-2-3-7-19(18)15-28)21-12-17-9-10-20(25)13-23(17)27-24(21)22-8-4-5-11-26-22/h2-13,16H,14-15H2,1H3/t16-/m0/s1. The number of aromatic nitrogens is 2. The molecule has 0 fully saturated rings. The zero-order valence-corrected chi connectivity index (χ0v) is 15.6. The van der Waals surface area contributed by atoms with Crippen LogP contribution >= 0.6 is 0 Å². The smallest absolute Gasteiger partial charge is 0.125 e. The number of hydrogen-bond acceptors (Lipinski definition) is 3. The van der Waals surface area contributed by atoms with E-state index >= 15 is 0 Å². The second-order valence-electron chi connectivity index (χ2n) is 7.33. The molecule has 4 aromatic rings. The molecule has 1 atom stereocenters. The number of rotatable bonds is 3. The van der Waals surface area contributed by atoms with Gasteiger partial charge in [0.1, 0.15) is 5.82 Å². The van der Waals surface area contributed by atoms with E-state index < -0.39 is 0 Å². The van der Waals surface area contributed by atoms with Crippen molar-refractivity contribution in [3.05, 3.63) is 95.4 Å². The average Bonchev–Trinajstić information content (AvgIpc) is 3.17. The summed E-state index contributed by atoms with van der Waals surface area (Å²) in [6.07, 6.45) is 1.77. The van der Waals surface area contributed by atoms with Gasteiger partial charge in [0.15, 0.2) is 0 Å². The van der Waals surface area contributed by atoms with E-state index in [4.69, 9.17) is 4.98 Å². The molecule has 0 bridgehead atoms. The monoisotopic (exact) mass is 369 g/mol. The van der Waals surface area contributed by atoms with Gasteiger partial charge in [0.05, 0.1) is 16.9 Å².